The summed E-state index contributed by atoms with van der Waals surface area (Å²) in [5.74, 6) is 0.412. The minimum absolute atomic E-state index is 0.176. The van der Waals surface area contributed by atoms with Gasteiger partial charge in [0.25, 0.3) is 0 Å². The lowest BCUT2D eigenvalue weighted by molar-refractivity contribution is -0.120. The number of benzene rings is 3. The number of aliphatic hydroxyl groups excluding tert-OH is 2. The Bertz CT molecular complexity index is 1550. The van der Waals surface area contributed by atoms with Gasteiger partial charge in [-0.15, -0.1) is 0 Å². The van der Waals surface area contributed by atoms with Crippen molar-refractivity contribution in [2.45, 2.75) is 64.5 Å². The lowest BCUT2D eigenvalue weighted by Crippen LogP contribution is -2.58. The third-order valence-electron chi connectivity index (χ3n) is 8.54. The van der Waals surface area contributed by atoms with Crippen molar-refractivity contribution in [3.8, 4) is 16.9 Å². The number of carbonyl (C=O) groups is 3. The minimum Gasteiger partial charge on any atom is -0.497 e. The fourth-order valence-electron chi connectivity index (χ4n) is 5.71. The van der Waals surface area contributed by atoms with Crippen LogP contribution in [-0.4, -0.2) is 67.3 Å². The number of hydrogen-bond donors (Lipinski definition) is 7. The molecule has 0 aliphatic carbocycles. The van der Waals surface area contributed by atoms with Gasteiger partial charge >= 0.3 is 12.1 Å². The van der Waals surface area contributed by atoms with E-state index in [-0.39, 0.29) is 24.9 Å². The molecule has 1 heterocycles. The number of rotatable bonds is 12. The molecule has 0 saturated carbocycles. The molecule has 0 saturated heterocycles. The first kappa shape index (κ1) is 35.2. The molecule has 0 radical (unpaired) electrons. The highest BCUT2D eigenvalue weighted by atomic mass is 16.5. The van der Waals surface area contributed by atoms with Crippen LogP contribution in [0.3, 0.4) is 0 Å². The number of nitrogens with zero attached hydrogens (tertiary/aromatic N) is 1. The van der Waals surface area contributed by atoms with Crippen molar-refractivity contribution in [2.24, 2.45) is 11.1 Å². The SMILES string of the molecule is CNC(=O)NCc1ccccc1-c1ccc(CN2C(=O)C(NC(=O)N[C@@H](N)C(C)(C)C[C@H](O)CO)CCc3cc(OC)ccc32)cc1. The van der Waals surface area contributed by atoms with Crippen molar-refractivity contribution in [2.75, 3.05) is 25.7 Å². The largest absolute Gasteiger partial charge is 0.497 e. The van der Waals surface area contributed by atoms with Crippen molar-refractivity contribution >= 4 is 23.7 Å². The van der Waals surface area contributed by atoms with E-state index in [0.29, 0.717) is 25.1 Å². The van der Waals surface area contributed by atoms with Crippen LogP contribution in [0.25, 0.3) is 11.1 Å². The van der Waals surface area contributed by atoms with E-state index >= 15 is 0 Å². The molecule has 5 amide bonds. The maximum absolute atomic E-state index is 14.1. The Morgan fingerprint density at radius 3 is 2.49 bits per heavy atom. The monoisotopic (exact) mass is 646 g/mol. The molecule has 0 spiro atoms. The van der Waals surface area contributed by atoms with E-state index in [0.717, 1.165) is 33.5 Å². The van der Waals surface area contributed by atoms with Gasteiger partial charge in [-0.1, -0.05) is 62.4 Å². The van der Waals surface area contributed by atoms with Crippen LogP contribution < -0.4 is 36.6 Å². The number of hydrogen-bond acceptors (Lipinski definition) is 7. The summed E-state index contributed by atoms with van der Waals surface area (Å²) in [5, 5.41) is 30.1. The number of fused-ring (bicyclic) bond motifs is 1. The summed E-state index contributed by atoms with van der Waals surface area (Å²) in [5.41, 5.74) is 11.0. The summed E-state index contributed by atoms with van der Waals surface area (Å²) in [4.78, 5) is 40.6. The average Bonchev–Trinajstić information content (AvgIpc) is 3.19. The molecule has 0 bridgehead atoms. The second-order valence-corrected chi connectivity index (χ2v) is 12.4. The molecule has 4 rings (SSSR count). The maximum Gasteiger partial charge on any atom is 0.316 e. The first-order chi connectivity index (χ1) is 22.4. The smallest absolute Gasteiger partial charge is 0.316 e. The first-order valence-corrected chi connectivity index (χ1v) is 15.7. The molecule has 1 unspecified atom stereocenters. The molecule has 1 aliphatic rings. The highest BCUT2D eigenvalue weighted by Gasteiger charge is 2.34. The lowest BCUT2D eigenvalue weighted by Gasteiger charge is -2.34. The summed E-state index contributed by atoms with van der Waals surface area (Å²) in [6.45, 7) is 3.79. The second-order valence-electron chi connectivity index (χ2n) is 12.4. The molecule has 3 atom stereocenters. The fourth-order valence-corrected chi connectivity index (χ4v) is 5.71. The van der Waals surface area contributed by atoms with Gasteiger partial charge in [0, 0.05) is 24.7 Å². The second kappa shape index (κ2) is 15.8. The van der Waals surface area contributed by atoms with Gasteiger partial charge < -0.3 is 46.9 Å². The van der Waals surface area contributed by atoms with E-state index in [9.17, 15) is 24.6 Å². The summed E-state index contributed by atoms with van der Waals surface area (Å²) in [6.07, 6.45) is -0.742. The molecule has 252 valence electrons. The van der Waals surface area contributed by atoms with E-state index in [1.54, 1.807) is 32.9 Å². The van der Waals surface area contributed by atoms with Crippen LogP contribution in [0, 0.1) is 5.41 Å². The third kappa shape index (κ3) is 9.00. The summed E-state index contributed by atoms with van der Waals surface area (Å²) in [7, 11) is 3.16. The quantitative estimate of drug-likeness (QED) is 0.148. The van der Waals surface area contributed by atoms with E-state index in [1.165, 1.54) is 0 Å². The Morgan fingerprint density at radius 2 is 1.81 bits per heavy atom. The lowest BCUT2D eigenvalue weighted by atomic mass is 9.83. The molecule has 3 aromatic carbocycles. The predicted molar refractivity (Wildman–Crippen MR) is 181 cm³/mol. The maximum atomic E-state index is 14.1. The van der Waals surface area contributed by atoms with E-state index in [4.69, 9.17) is 10.5 Å². The number of ether oxygens (including phenoxy) is 1. The predicted octanol–water partition coefficient (Wildman–Crippen LogP) is 2.99. The van der Waals surface area contributed by atoms with Gasteiger partial charge in [0.1, 0.15) is 11.8 Å². The molecule has 3 aromatic rings. The Kier molecular flexibility index (Phi) is 11.8. The third-order valence-corrected chi connectivity index (χ3v) is 8.54. The van der Waals surface area contributed by atoms with Gasteiger partial charge in [-0.2, -0.15) is 0 Å². The van der Waals surface area contributed by atoms with E-state index < -0.39 is 36.4 Å². The van der Waals surface area contributed by atoms with Crippen LogP contribution in [0.1, 0.15) is 43.4 Å². The highest BCUT2D eigenvalue weighted by molar-refractivity contribution is 6.00. The van der Waals surface area contributed by atoms with E-state index in [1.807, 2.05) is 66.7 Å². The van der Waals surface area contributed by atoms with E-state index in [2.05, 4.69) is 21.3 Å². The van der Waals surface area contributed by atoms with Gasteiger partial charge in [0.05, 0.1) is 32.5 Å². The highest BCUT2D eigenvalue weighted by Crippen LogP contribution is 2.33. The number of aliphatic hydroxyl groups is 2. The molecule has 12 nitrogen and oxygen atoms in total. The molecule has 12 heteroatoms. The normalized spacial score (nSPS) is 15.9. The minimum atomic E-state index is -0.969. The van der Waals surface area contributed by atoms with Crippen molar-refractivity contribution in [3.05, 3.63) is 83.4 Å². The first-order valence-electron chi connectivity index (χ1n) is 15.7. The average molecular weight is 647 g/mol. The molecular weight excluding hydrogens is 600 g/mol. The van der Waals surface area contributed by atoms with Crippen molar-refractivity contribution in [1.82, 2.24) is 21.3 Å². The Morgan fingerprint density at radius 1 is 1.09 bits per heavy atom. The van der Waals surface area contributed by atoms with Crippen molar-refractivity contribution < 1.29 is 29.3 Å². The molecule has 47 heavy (non-hydrogen) atoms. The van der Waals surface area contributed by atoms with Crippen LogP contribution in [-0.2, 0) is 24.3 Å². The standard InChI is InChI=1S/C35H46N6O6/c1-35(2,18-26(43)21-42)32(36)40-34(46)39-29-15-13-24-17-27(47-4)14-16-30(24)41(31(29)44)20-22-9-11-23(12-10-22)28-8-6-5-7-25(28)19-38-33(45)37-3/h5-12,14,16-17,26,29,32,42-43H,13,15,18-21,36H2,1-4H3,(H2,37,38,45)(H2,39,40,46)/t26-,29?,32+/m0/s1. The number of anilines is 1. The van der Waals surface area contributed by atoms with Crippen LogP contribution in [0.5, 0.6) is 5.75 Å². The number of nitrogens with one attached hydrogen (secondary N) is 4. The Labute approximate surface area is 275 Å². The van der Waals surface area contributed by atoms with Gasteiger partial charge in [0.2, 0.25) is 5.91 Å². The zero-order chi connectivity index (χ0) is 34.1. The van der Waals surface area contributed by atoms with Crippen LogP contribution in [0.4, 0.5) is 15.3 Å². The Balaban J connectivity index is 1.54. The zero-order valence-corrected chi connectivity index (χ0v) is 27.4. The Hall–Kier alpha value is -4.65. The van der Waals surface area contributed by atoms with Crippen LogP contribution in [0.2, 0.25) is 0 Å². The number of carbonyl (C=O) groups excluding carboxylic acids is 3. The van der Waals surface area contributed by atoms with Gasteiger partial charge in [0.15, 0.2) is 0 Å². The number of methoxy groups -OCH3 is 1. The number of nitrogens with two attached hydrogens (primary N) is 1. The summed E-state index contributed by atoms with van der Waals surface area (Å²) in [6, 6.07) is 19.7. The van der Waals surface area contributed by atoms with Gasteiger partial charge in [-0.25, -0.2) is 9.59 Å². The zero-order valence-electron chi connectivity index (χ0n) is 27.4. The fraction of sp³-hybridized carbons (Fsp3) is 0.400. The number of urea groups is 2. The summed E-state index contributed by atoms with van der Waals surface area (Å²) >= 11 is 0. The van der Waals surface area contributed by atoms with Crippen LogP contribution >= 0.6 is 0 Å². The number of aryl methyl sites for hydroxylation is 1. The van der Waals surface area contributed by atoms with Crippen LogP contribution in [0.15, 0.2) is 66.7 Å². The molecular formula is C35H46N6O6. The molecule has 8 N–H and O–H groups in total. The number of amides is 5. The topological polar surface area (TPSA) is 178 Å². The van der Waals surface area contributed by atoms with Crippen molar-refractivity contribution in [1.29, 1.82) is 0 Å². The van der Waals surface area contributed by atoms with Gasteiger partial charge in [-0.3, -0.25) is 4.79 Å². The summed E-state index contributed by atoms with van der Waals surface area (Å²) < 4.78 is 5.45. The molecule has 0 aromatic heterocycles. The van der Waals surface area contributed by atoms with Crippen molar-refractivity contribution in [3.63, 3.8) is 0 Å². The molecule has 0 fully saturated rings. The van der Waals surface area contributed by atoms with Gasteiger partial charge in [-0.05, 0) is 65.3 Å². The molecule has 1 aliphatic heterocycles.